The molecule has 0 fully saturated rings. The predicted molar refractivity (Wildman–Crippen MR) is 71.3 cm³/mol. The second-order valence-corrected chi connectivity index (χ2v) is 4.31. The topological polar surface area (TPSA) is 90.5 Å². The number of hydrogen-bond acceptors (Lipinski definition) is 5. The summed E-state index contributed by atoms with van der Waals surface area (Å²) in [6.07, 6.45) is 2.66. The lowest BCUT2D eigenvalue weighted by Crippen LogP contribution is -2.01. The Bertz CT molecular complexity index is 593. The summed E-state index contributed by atoms with van der Waals surface area (Å²) in [5.41, 5.74) is 2.32. The minimum absolute atomic E-state index is 0.311. The van der Waals surface area contributed by atoms with Crippen molar-refractivity contribution >= 4 is 5.69 Å². The van der Waals surface area contributed by atoms with Gasteiger partial charge in [0.25, 0.3) is 0 Å². The number of nitrogens with one attached hydrogen (secondary N) is 1. The predicted octanol–water partition coefficient (Wildman–Crippen LogP) is 1.71. The molecule has 1 heterocycles. The van der Waals surface area contributed by atoms with Crippen LogP contribution in [0.25, 0.3) is 0 Å². The van der Waals surface area contributed by atoms with Crippen LogP contribution in [0, 0.1) is 0 Å². The van der Waals surface area contributed by atoms with E-state index in [2.05, 4.69) is 10.4 Å². The van der Waals surface area contributed by atoms with Gasteiger partial charge in [-0.2, -0.15) is 5.10 Å². The van der Waals surface area contributed by atoms with Crippen LogP contribution >= 0.6 is 0 Å². The molecule has 0 saturated heterocycles. The molecule has 4 N–H and O–H groups in total. The van der Waals surface area contributed by atoms with E-state index in [-0.39, 0.29) is 11.5 Å². The van der Waals surface area contributed by atoms with Crippen molar-refractivity contribution < 1.29 is 15.3 Å². The summed E-state index contributed by atoms with van der Waals surface area (Å²) in [6.45, 7) is 2.34. The molecule has 0 unspecified atom stereocenters. The van der Waals surface area contributed by atoms with E-state index >= 15 is 0 Å². The highest BCUT2D eigenvalue weighted by Crippen LogP contribution is 2.37. The van der Waals surface area contributed by atoms with E-state index < -0.39 is 5.75 Å². The van der Waals surface area contributed by atoms with Gasteiger partial charge in [0.2, 0.25) is 5.75 Å². The average Bonchev–Trinajstić information content (AvgIpc) is 2.75. The van der Waals surface area contributed by atoms with E-state index in [0.29, 0.717) is 12.1 Å². The molecule has 2 aromatic rings. The van der Waals surface area contributed by atoms with Crippen molar-refractivity contribution in [1.29, 1.82) is 0 Å². The molecular formula is C13H17N3O3. The zero-order valence-electron chi connectivity index (χ0n) is 10.9. The van der Waals surface area contributed by atoms with Crippen LogP contribution in [0.1, 0.15) is 18.2 Å². The molecule has 0 aliphatic carbocycles. The van der Waals surface area contributed by atoms with E-state index in [1.165, 1.54) is 6.07 Å². The molecule has 102 valence electrons. The van der Waals surface area contributed by atoms with Crippen molar-refractivity contribution in [3.63, 3.8) is 0 Å². The van der Waals surface area contributed by atoms with Crippen molar-refractivity contribution in [2.24, 2.45) is 7.05 Å². The fourth-order valence-electron chi connectivity index (χ4n) is 1.89. The Hall–Kier alpha value is -2.37. The summed E-state index contributed by atoms with van der Waals surface area (Å²) in [6, 6.07) is 2.90. The van der Waals surface area contributed by atoms with Gasteiger partial charge in [-0.1, -0.05) is 6.92 Å². The number of hydrogen-bond donors (Lipinski definition) is 4. The first-order valence-corrected chi connectivity index (χ1v) is 6.02. The van der Waals surface area contributed by atoms with Crippen LogP contribution in [-0.4, -0.2) is 25.1 Å². The third kappa shape index (κ3) is 2.57. The second kappa shape index (κ2) is 5.09. The van der Waals surface area contributed by atoms with Crippen molar-refractivity contribution in [1.82, 2.24) is 9.78 Å². The first kappa shape index (κ1) is 13.1. The van der Waals surface area contributed by atoms with E-state index in [9.17, 15) is 15.3 Å². The monoisotopic (exact) mass is 263 g/mol. The van der Waals surface area contributed by atoms with Crippen molar-refractivity contribution in [3.05, 3.63) is 29.6 Å². The molecule has 19 heavy (non-hydrogen) atoms. The first-order valence-electron chi connectivity index (χ1n) is 6.02. The number of phenolic OH excluding ortho intramolecular Hbond substituents is 3. The molecule has 0 saturated carbocycles. The zero-order valence-corrected chi connectivity index (χ0v) is 10.9. The Morgan fingerprint density at radius 2 is 1.95 bits per heavy atom. The molecule has 1 aromatic heterocycles. The number of rotatable bonds is 4. The highest BCUT2D eigenvalue weighted by atomic mass is 16.3. The number of aromatic nitrogens is 2. The Balaban J connectivity index is 2.17. The van der Waals surface area contributed by atoms with Crippen molar-refractivity contribution in [2.45, 2.75) is 19.9 Å². The zero-order chi connectivity index (χ0) is 14.0. The van der Waals surface area contributed by atoms with Crippen LogP contribution in [0.5, 0.6) is 17.2 Å². The van der Waals surface area contributed by atoms with Crippen LogP contribution in [0.4, 0.5) is 5.69 Å². The second-order valence-electron chi connectivity index (χ2n) is 4.31. The van der Waals surface area contributed by atoms with E-state index in [0.717, 1.165) is 17.8 Å². The third-order valence-electron chi connectivity index (χ3n) is 2.92. The molecule has 0 spiro atoms. The molecule has 1 aromatic carbocycles. The van der Waals surface area contributed by atoms with Crippen LogP contribution in [-0.2, 0) is 20.0 Å². The molecule has 6 nitrogen and oxygen atoms in total. The molecule has 6 heteroatoms. The standard InChI is InChI=1S/C13H17N3O3/c1-3-9-10(7-16(2)15-9)14-6-8-4-5-11(17)13(19)12(8)18/h4-5,7,14,17-19H,3,6H2,1-2H3. The lowest BCUT2D eigenvalue weighted by molar-refractivity contribution is 0.365. The summed E-state index contributed by atoms with van der Waals surface area (Å²) in [4.78, 5) is 0. The number of anilines is 1. The lowest BCUT2D eigenvalue weighted by Gasteiger charge is -2.09. The van der Waals surface area contributed by atoms with Crippen molar-refractivity contribution in [2.75, 3.05) is 5.32 Å². The van der Waals surface area contributed by atoms with Gasteiger partial charge in [0, 0.05) is 25.4 Å². The highest BCUT2D eigenvalue weighted by Gasteiger charge is 2.12. The fraction of sp³-hybridized carbons (Fsp3) is 0.308. The normalized spacial score (nSPS) is 10.6. The number of benzene rings is 1. The van der Waals surface area contributed by atoms with E-state index in [4.69, 9.17) is 0 Å². The van der Waals surface area contributed by atoms with E-state index in [1.54, 1.807) is 10.7 Å². The molecule has 2 rings (SSSR count). The Kier molecular flexibility index (Phi) is 3.50. The van der Waals surface area contributed by atoms with Gasteiger partial charge < -0.3 is 20.6 Å². The molecule has 0 aliphatic rings. The maximum Gasteiger partial charge on any atom is 0.200 e. The van der Waals surface area contributed by atoms with Crippen LogP contribution in [0.15, 0.2) is 18.3 Å². The van der Waals surface area contributed by atoms with Crippen LogP contribution < -0.4 is 5.32 Å². The minimum Gasteiger partial charge on any atom is -0.504 e. The maximum absolute atomic E-state index is 9.72. The van der Waals surface area contributed by atoms with Gasteiger partial charge in [-0.15, -0.1) is 0 Å². The summed E-state index contributed by atoms with van der Waals surface area (Å²) >= 11 is 0. The van der Waals surface area contributed by atoms with Crippen molar-refractivity contribution in [3.8, 4) is 17.2 Å². The van der Waals surface area contributed by atoms with Gasteiger partial charge in [0.15, 0.2) is 11.5 Å². The molecule has 0 bridgehead atoms. The third-order valence-corrected chi connectivity index (χ3v) is 2.92. The average molecular weight is 263 g/mol. The summed E-state index contributed by atoms with van der Waals surface area (Å²) in [5.74, 6) is -1.15. The Morgan fingerprint density at radius 3 is 2.63 bits per heavy atom. The highest BCUT2D eigenvalue weighted by molar-refractivity contribution is 5.55. The fourth-order valence-corrected chi connectivity index (χ4v) is 1.89. The van der Waals surface area contributed by atoms with Gasteiger partial charge in [-0.25, -0.2) is 0 Å². The van der Waals surface area contributed by atoms with Crippen LogP contribution in [0.2, 0.25) is 0 Å². The minimum atomic E-state index is -0.499. The largest absolute Gasteiger partial charge is 0.504 e. The number of aromatic hydroxyl groups is 3. The molecule has 0 radical (unpaired) electrons. The molecule has 0 amide bonds. The maximum atomic E-state index is 9.72. The van der Waals surface area contributed by atoms with Gasteiger partial charge in [-0.05, 0) is 18.6 Å². The molecule has 0 atom stereocenters. The van der Waals surface area contributed by atoms with E-state index in [1.807, 2.05) is 20.2 Å². The summed E-state index contributed by atoms with van der Waals surface area (Å²) in [7, 11) is 1.84. The molecular weight excluding hydrogens is 246 g/mol. The first-order chi connectivity index (χ1) is 9.02. The quantitative estimate of drug-likeness (QED) is 0.630. The van der Waals surface area contributed by atoms with Gasteiger partial charge in [-0.3, -0.25) is 4.68 Å². The van der Waals surface area contributed by atoms with Gasteiger partial charge in [0.05, 0.1) is 11.4 Å². The Morgan fingerprint density at radius 1 is 1.21 bits per heavy atom. The van der Waals surface area contributed by atoms with Gasteiger partial charge >= 0.3 is 0 Å². The number of aryl methyl sites for hydroxylation is 2. The number of phenols is 3. The van der Waals surface area contributed by atoms with Gasteiger partial charge in [0.1, 0.15) is 0 Å². The lowest BCUT2D eigenvalue weighted by atomic mass is 10.1. The SMILES string of the molecule is CCc1nn(C)cc1NCc1ccc(O)c(O)c1O. The Labute approximate surface area is 110 Å². The smallest absolute Gasteiger partial charge is 0.200 e. The van der Waals surface area contributed by atoms with Crippen LogP contribution in [0.3, 0.4) is 0 Å². The number of nitrogens with zero attached hydrogens (tertiary/aromatic N) is 2. The summed E-state index contributed by atoms with van der Waals surface area (Å²) < 4.78 is 1.72. The summed E-state index contributed by atoms with van der Waals surface area (Å²) in [5, 5.41) is 35.9. The molecule has 0 aliphatic heterocycles.